The van der Waals surface area contributed by atoms with E-state index in [-0.39, 0.29) is 0 Å². The summed E-state index contributed by atoms with van der Waals surface area (Å²) >= 11 is 1.69. The van der Waals surface area contributed by atoms with E-state index < -0.39 is 0 Å². The lowest BCUT2D eigenvalue weighted by Gasteiger charge is -2.25. The van der Waals surface area contributed by atoms with Crippen molar-refractivity contribution in [3.05, 3.63) is 48.3 Å². The molecular weight excluding hydrogens is 358 g/mol. The molecule has 1 aliphatic rings. The second-order valence-corrected chi connectivity index (χ2v) is 7.64. The second-order valence-electron chi connectivity index (χ2n) is 6.63. The lowest BCUT2D eigenvalue weighted by Crippen LogP contribution is -2.36. The minimum Gasteiger partial charge on any atom is -0.378 e. The quantitative estimate of drug-likeness (QED) is 0.587. The standard InChI is InChI=1S/C20H19N5OS/c1-13-10-18(19-12-21-20(27-19)25-6-8-26-9-7-25)23-17-3-2-14(11-15(13)17)16-4-5-22-24-16/h2-5,10-12H,6-9H2,1H3,(H,22,24). The second kappa shape index (κ2) is 6.75. The van der Waals surface area contributed by atoms with Crippen LogP contribution in [-0.2, 0) is 4.74 Å². The maximum absolute atomic E-state index is 5.43. The van der Waals surface area contributed by atoms with Crippen LogP contribution in [0.4, 0.5) is 5.13 Å². The maximum atomic E-state index is 5.43. The Morgan fingerprint density at radius 2 is 2.04 bits per heavy atom. The molecule has 0 unspecified atom stereocenters. The van der Waals surface area contributed by atoms with Crippen molar-refractivity contribution < 1.29 is 4.74 Å². The first kappa shape index (κ1) is 16.4. The molecule has 136 valence electrons. The fourth-order valence-electron chi connectivity index (χ4n) is 3.39. The van der Waals surface area contributed by atoms with Crippen LogP contribution in [0.15, 0.2) is 42.7 Å². The average molecular weight is 377 g/mol. The molecule has 0 aliphatic carbocycles. The summed E-state index contributed by atoms with van der Waals surface area (Å²) in [6.07, 6.45) is 3.70. The molecule has 1 fully saturated rings. The summed E-state index contributed by atoms with van der Waals surface area (Å²) in [6.45, 7) is 5.46. The van der Waals surface area contributed by atoms with E-state index in [0.29, 0.717) is 0 Å². The minimum atomic E-state index is 0.765. The molecule has 4 aromatic rings. The Balaban J connectivity index is 1.51. The molecule has 6 nitrogen and oxygen atoms in total. The van der Waals surface area contributed by atoms with Gasteiger partial charge in [-0.1, -0.05) is 17.4 Å². The summed E-state index contributed by atoms with van der Waals surface area (Å²) in [5.41, 5.74) is 5.31. The van der Waals surface area contributed by atoms with E-state index >= 15 is 0 Å². The van der Waals surface area contributed by atoms with Gasteiger partial charge in [-0.25, -0.2) is 9.97 Å². The maximum Gasteiger partial charge on any atom is 0.186 e. The Hall–Kier alpha value is -2.77. The fraction of sp³-hybridized carbons (Fsp3) is 0.250. The van der Waals surface area contributed by atoms with Gasteiger partial charge < -0.3 is 9.64 Å². The third kappa shape index (κ3) is 3.09. The van der Waals surface area contributed by atoms with Gasteiger partial charge in [-0.2, -0.15) is 5.10 Å². The van der Waals surface area contributed by atoms with Gasteiger partial charge in [0, 0.05) is 36.4 Å². The first-order valence-corrected chi connectivity index (χ1v) is 9.80. The number of nitrogens with zero attached hydrogens (tertiary/aromatic N) is 4. The number of aryl methyl sites for hydroxylation is 1. The van der Waals surface area contributed by atoms with E-state index in [0.717, 1.165) is 64.2 Å². The van der Waals surface area contributed by atoms with Gasteiger partial charge in [-0.15, -0.1) is 0 Å². The van der Waals surface area contributed by atoms with Crippen LogP contribution in [0.1, 0.15) is 5.56 Å². The monoisotopic (exact) mass is 377 g/mol. The fourth-order valence-corrected chi connectivity index (χ4v) is 4.32. The van der Waals surface area contributed by atoms with Crippen LogP contribution < -0.4 is 4.90 Å². The molecule has 0 radical (unpaired) electrons. The summed E-state index contributed by atoms with van der Waals surface area (Å²) in [5, 5.41) is 9.26. The molecule has 0 atom stereocenters. The lowest BCUT2D eigenvalue weighted by atomic mass is 10.0. The molecule has 1 aromatic carbocycles. The highest BCUT2D eigenvalue weighted by atomic mass is 32.1. The van der Waals surface area contributed by atoms with Gasteiger partial charge in [0.1, 0.15) is 0 Å². The van der Waals surface area contributed by atoms with Crippen molar-refractivity contribution in [2.45, 2.75) is 6.92 Å². The smallest absolute Gasteiger partial charge is 0.186 e. The number of aromatic amines is 1. The first-order valence-electron chi connectivity index (χ1n) is 8.98. The van der Waals surface area contributed by atoms with E-state index in [1.807, 2.05) is 12.3 Å². The molecule has 0 saturated carbocycles. The van der Waals surface area contributed by atoms with E-state index in [4.69, 9.17) is 9.72 Å². The number of H-pyrrole nitrogens is 1. The Labute approximate surface area is 160 Å². The number of benzene rings is 1. The van der Waals surface area contributed by atoms with Crippen molar-refractivity contribution in [3.8, 4) is 21.8 Å². The number of nitrogens with one attached hydrogen (secondary N) is 1. The highest BCUT2D eigenvalue weighted by Gasteiger charge is 2.16. The van der Waals surface area contributed by atoms with Crippen LogP contribution in [0.2, 0.25) is 0 Å². The number of hydrogen-bond donors (Lipinski definition) is 1. The van der Waals surface area contributed by atoms with Crippen LogP contribution in [-0.4, -0.2) is 46.5 Å². The van der Waals surface area contributed by atoms with Crippen molar-refractivity contribution in [1.29, 1.82) is 0 Å². The summed E-state index contributed by atoms with van der Waals surface area (Å²) in [7, 11) is 0. The van der Waals surface area contributed by atoms with Gasteiger partial charge in [-0.3, -0.25) is 5.10 Å². The highest BCUT2D eigenvalue weighted by Crippen LogP contribution is 2.33. The van der Waals surface area contributed by atoms with E-state index in [1.54, 1.807) is 17.5 Å². The number of morpholine rings is 1. The molecule has 1 N–H and O–H groups in total. The molecule has 1 aliphatic heterocycles. The first-order chi connectivity index (χ1) is 13.3. The Kier molecular flexibility index (Phi) is 4.10. The van der Waals surface area contributed by atoms with Gasteiger partial charge in [0.2, 0.25) is 0 Å². The normalized spacial score (nSPS) is 14.8. The molecule has 3 aromatic heterocycles. The number of anilines is 1. The number of aromatic nitrogens is 4. The number of rotatable bonds is 3. The number of hydrogen-bond acceptors (Lipinski definition) is 6. The van der Waals surface area contributed by atoms with Gasteiger partial charge in [0.05, 0.1) is 35.0 Å². The predicted molar refractivity (Wildman–Crippen MR) is 108 cm³/mol. The molecule has 1 saturated heterocycles. The SMILES string of the molecule is Cc1cc(-c2cnc(N3CCOCC3)s2)nc2ccc(-c3ccn[nH]3)cc12. The number of pyridine rings is 1. The van der Waals surface area contributed by atoms with Crippen molar-refractivity contribution in [2.24, 2.45) is 0 Å². The van der Waals surface area contributed by atoms with Gasteiger partial charge in [-0.05, 0) is 36.8 Å². The van der Waals surface area contributed by atoms with Gasteiger partial charge in [0.25, 0.3) is 0 Å². The van der Waals surface area contributed by atoms with Crippen LogP contribution in [0.5, 0.6) is 0 Å². The third-order valence-corrected chi connectivity index (χ3v) is 5.94. The summed E-state index contributed by atoms with van der Waals surface area (Å²) in [6, 6.07) is 10.4. The Morgan fingerprint density at radius 1 is 1.15 bits per heavy atom. The van der Waals surface area contributed by atoms with Crippen molar-refractivity contribution in [3.63, 3.8) is 0 Å². The zero-order valence-corrected chi connectivity index (χ0v) is 15.8. The number of ether oxygens (including phenoxy) is 1. The molecule has 0 bridgehead atoms. The predicted octanol–water partition coefficient (Wildman–Crippen LogP) is 3.89. The molecule has 5 rings (SSSR count). The molecule has 27 heavy (non-hydrogen) atoms. The molecule has 7 heteroatoms. The van der Waals surface area contributed by atoms with Crippen molar-refractivity contribution in [2.75, 3.05) is 31.2 Å². The van der Waals surface area contributed by atoms with Gasteiger partial charge in [0.15, 0.2) is 5.13 Å². The van der Waals surface area contributed by atoms with Crippen LogP contribution >= 0.6 is 11.3 Å². The zero-order valence-electron chi connectivity index (χ0n) is 15.0. The molecular formula is C20H19N5OS. The summed E-state index contributed by atoms with van der Waals surface area (Å²) < 4.78 is 5.43. The molecule has 0 spiro atoms. The van der Waals surface area contributed by atoms with Crippen LogP contribution in [0.25, 0.3) is 32.7 Å². The molecule has 0 amide bonds. The van der Waals surface area contributed by atoms with Crippen molar-refractivity contribution in [1.82, 2.24) is 20.2 Å². The van der Waals surface area contributed by atoms with Crippen LogP contribution in [0, 0.1) is 6.92 Å². The van der Waals surface area contributed by atoms with Crippen LogP contribution in [0.3, 0.4) is 0 Å². The highest BCUT2D eigenvalue weighted by molar-refractivity contribution is 7.18. The number of fused-ring (bicyclic) bond motifs is 1. The van der Waals surface area contributed by atoms with E-state index in [1.165, 1.54) is 5.56 Å². The Morgan fingerprint density at radius 3 is 2.85 bits per heavy atom. The lowest BCUT2D eigenvalue weighted by molar-refractivity contribution is 0.122. The summed E-state index contributed by atoms with van der Waals surface area (Å²) in [5.74, 6) is 0. The topological polar surface area (TPSA) is 66.9 Å². The van der Waals surface area contributed by atoms with Gasteiger partial charge >= 0.3 is 0 Å². The number of thiazole rings is 1. The third-order valence-electron chi connectivity index (χ3n) is 4.85. The average Bonchev–Trinajstić information content (AvgIpc) is 3.41. The Bertz CT molecular complexity index is 1080. The zero-order chi connectivity index (χ0) is 18.2. The van der Waals surface area contributed by atoms with E-state index in [9.17, 15) is 0 Å². The van der Waals surface area contributed by atoms with E-state index in [2.05, 4.69) is 51.3 Å². The summed E-state index contributed by atoms with van der Waals surface area (Å²) in [4.78, 5) is 12.9. The van der Waals surface area contributed by atoms with Crippen molar-refractivity contribution >= 4 is 27.4 Å². The molecule has 4 heterocycles. The minimum absolute atomic E-state index is 0.765. The largest absolute Gasteiger partial charge is 0.378 e.